The maximum absolute atomic E-state index is 13.1. The molecule has 0 saturated heterocycles. The summed E-state index contributed by atoms with van der Waals surface area (Å²) in [6.07, 6.45) is 0.112. The molecule has 3 aromatic carbocycles. The molecule has 3 aromatic rings. The van der Waals surface area contributed by atoms with Gasteiger partial charge >= 0.3 is 0 Å². The van der Waals surface area contributed by atoms with Gasteiger partial charge in [-0.2, -0.15) is 0 Å². The van der Waals surface area contributed by atoms with Crippen LogP contribution in [0.1, 0.15) is 67.7 Å². The van der Waals surface area contributed by atoms with Crippen LogP contribution < -0.4 is 5.32 Å². The molecule has 196 valence electrons. The lowest BCUT2D eigenvalue weighted by atomic mass is 9.86. The molecule has 0 aliphatic heterocycles. The average molecular weight is 521 g/mol. The summed E-state index contributed by atoms with van der Waals surface area (Å²) in [5.74, 6) is -0.299. The summed E-state index contributed by atoms with van der Waals surface area (Å²) in [4.78, 5) is 27.5. The highest BCUT2D eigenvalue weighted by Crippen LogP contribution is 2.26. The first-order chi connectivity index (χ1) is 17.3. The molecule has 2 amide bonds. The Labute approximate surface area is 220 Å². The van der Waals surface area contributed by atoms with Crippen LogP contribution in [-0.4, -0.2) is 37.9 Å². The molecule has 7 heteroatoms. The number of carbonyl (C=O) groups is 2. The molecule has 0 unspecified atom stereocenters. The summed E-state index contributed by atoms with van der Waals surface area (Å²) >= 11 is 0. The molecular weight excluding hydrogens is 484 g/mol. The monoisotopic (exact) mass is 520 g/mol. The SMILES string of the molecule is CCS(=O)(=O)c1ccc(CC(=O)Nc2ccc(C(=O)N(C)[C@H](C)c3ccc(C(C)(C)C)cc3)cc2)cc1. The first-order valence-corrected chi connectivity index (χ1v) is 14.1. The van der Waals surface area contributed by atoms with E-state index in [9.17, 15) is 18.0 Å². The smallest absolute Gasteiger partial charge is 0.254 e. The van der Waals surface area contributed by atoms with Gasteiger partial charge in [-0.25, -0.2) is 8.42 Å². The number of benzene rings is 3. The number of hydrogen-bond donors (Lipinski definition) is 1. The maximum atomic E-state index is 13.1. The van der Waals surface area contributed by atoms with Crippen LogP contribution in [0.15, 0.2) is 77.7 Å². The molecule has 1 N–H and O–H groups in total. The van der Waals surface area contributed by atoms with Crippen LogP contribution in [0.4, 0.5) is 5.69 Å². The zero-order valence-electron chi connectivity index (χ0n) is 22.4. The van der Waals surface area contributed by atoms with Gasteiger partial charge in [0, 0.05) is 18.3 Å². The highest BCUT2D eigenvalue weighted by atomic mass is 32.2. The van der Waals surface area contributed by atoms with Crippen molar-refractivity contribution in [2.75, 3.05) is 18.1 Å². The standard InChI is InChI=1S/C30H36N2O4S/c1-7-37(35,36)27-18-8-22(9-19-27)20-28(33)31-26-16-12-24(13-17-26)29(34)32(6)21(2)23-10-14-25(15-11-23)30(3,4)5/h8-19,21H,7,20H2,1-6H3,(H,31,33)/t21-/m1/s1. The molecular formula is C30H36N2O4S. The Bertz CT molecular complexity index is 1340. The van der Waals surface area contributed by atoms with E-state index in [0.29, 0.717) is 16.8 Å². The van der Waals surface area contributed by atoms with Gasteiger partial charge in [-0.1, -0.05) is 64.1 Å². The van der Waals surface area contributed by atoms with Crippen molar-refractivity contribution in [3.8, 4) is 0 Å². The lowest BCUT2D eigenvalue weighted by molar-refractivity contribution is -0.115. The van der Waals surface area contributed by atoms with Gasteiger partial charge in [0.1, 0.15) is 0 Å². The van der Waals surface area contributed by atoms with E-state index in [1.807, 2.05) is 6.92 Å². The predicted molar refractivity (Wildman–Crippen MR) is 149 cm³/mol. The van der Waals surface area contributed by atoms with E-state index in [1.165, 1.54) is 17.7 Å². The fraction of sp³-hybridized carbons (Fsp3) is 0.333. The second-order valence-electron chi connectivity index (χ2n) is 10.3. The average Bonchev–Trinajstić information content (AvgIpc) is 2.87. The van der Waals surface area contributed by atoms with Crippen LogP contribution in [0.25, 0.3) is 0 Å². The van der Waals surface area contributed by atoms with E-state index in [-0.39, 0.29) is 40.3 Å². The fourth-order valence-corrected chi connectivity index (χ4v) is 4.82. The van der Waals surface area contributed by atoms with Crippen molar-refractivity contribution >= 4 is 27.3 Å². The Morgan fingerprint density at radius 3 is 1.97 bits per heavy atom. The zero-order valence-corrected chi connectivity index (χ0v) is 23.2. The number of nitrogens with one attached hydrogen (secondary N) is 1. The second-order valence-corrected chi connectivity index (χ2v) is 12.6. The van der Waals surface area contributed by atoms with E-state index >= 15 is 0 Å². The quantitative estimate of drug-likeness (QED) is 0.407. The number of carbonyl (C=O) groups excluding carboxylic acids is 2. The third kappa shape index (κ3) is 7.07. The van der Waals surface area contributed by atoms with Crippen LogP contribution >= 0.6 is 0 Å². The molecule has 6 nitrogen and oxygen atoms in total. The lowest BCUT2D eigenvalue weighted by Crippen LogP contribution is -2.29. The van der Waals surface area contributed by atoms with Crippen molar-refractivity contribution < 1.29 is 18.0 Å². The van der Waals surface area contributed by atoms with Gasteiger partial charge in [-0.05, 0) is 65.4 Å². The van der Waals surface area contributed by atoms with Crippen molar-refractivity contribution in [2.24, 2.45) is 0 Å². The Balaban J connectivity index is 1.60. The molecule has 1 atom stereocenters. The zero-order chi connectivity index (χ0) is 27.4. The van der Waals surface area contributed by atoms with E-state index in [1.54, 1.807) is 55.3 Å². The number of amides is 2. The van der Waals surface area contributed by atoms with Gasteiger partial charge in [0.2, 0.25) is 5.91 Å². The normalized spacial score (nSPS) is 12.6. The second kappa shape index (κ2) is 11.3. The van der Waals surface area contributed by atoms with E-state index in [4.69, 9.17) is 0 Å². The number of anilines is 1. The molecule has 0 bridgehead atoms. The number of sulfone groups is 1. The fourth-order valence-electron chi connectivity index (χ4n) is 3.93. The van der Waals surface area contributed by atoms with Crippen LogP contribution in [0.5, 0.6) is 0 Å². The third-order valence-electron chi connectivity index (χ3n) is 6.60. The molecule has 0 spiro atoms. The molecule has 0 heterocycles. The molecule has 3 rings (SSSR count). The van der Waals surface area contributed by atoms with Gasteiger partial charge in [-0.15, -0.1) is 0 Å². The van der Waals surface area contributed by atoms with Crippen molar-refractivity contribution in [2.45, 2.75) is 57.4 Å². The summed E-state index contributed by atoms with van der Waals surface area (Å²) in [5.41, 5.74) is 4.21. The summed E-state index contributed by atoms with van der Waals surface area (Å²) in [5, 5.41) is 2.83. The molecule has 0 aliphatic rings. The highest BCUT2D eigenvalue weighted by molar-refractivity contribution is 7.91. The van der Waals surface area contributed by atoms with Gasteiger partial charge in [0.25, 0.3) is 5.91 Å². The minimum absolute atomic E-state index is 0.0323. The van der Waals surface area contributed by atoms with Crippen molar-refractivity contribution in [1.82, 2.24) is 4.90 Å². The Morgan fingerprint density at radius 2 is 1.46 bits per heavy atom. The Morgan fingerprint density at radius 1 is 0.892 bits per heavy atom. The molecule has 0 fully saturated rings. The summed E-state index contributed by atoms with van der Waals surface area (Å²) in [6.45, 7) is 10.1. The van der Waals surface area contributed by atoms with E-state index in [2.05, 4.69) is 50.4 Å². The third-order valence-corrected chi connectivity index (χ3v) is 8.35. The van der Waals surface area contributed by atoms with E-state index in [0.717, 1.165) is 5.56 Å². The minimum atomic E-state index is -3.27. The van der Waals surface area contributed by atoms with Crippen molar-refractivity contribution in [3.05, 3.63) is 95.1 Å². The number of rotatable bonds is 8. The molecule has 37 heavy (non-hydrogen) atoms. The van der Waals surface area contributed by atoms with Gasteiger partial charge < -0.3 is 10.2 Å². The Kier molecular flexibility index (Phi) is 8.59. The predicted octanol–water partition coefficient (Wildman–Crippen LogP) is 5.79. The maximum Gasteiger partial charge on any atom is 0.254 e. The lowest BCUT2D eigenvalue weighted by Gasteiger charge is -2.26. The molecule has 0 aromatic heterocycles. The first kappa shape index (κ1) is 28.1. The van der Waals surface area contributed by atoms with Crippen LogP contribution in [0.3, 0.4) is 0 Å². The highest BCUT2D eigenvalue weighted by Gasteiger charge is 2.20. The van der Waals surface area contributed by atoms with Gasteiger partial charge in [0.15, 0.2) is 9.84 Å². The van der Waals surface area contributed by atoms with Crippen LogP contribution in [0, 0.1) is 0 Å². The largest absolute Gasteiger partial charge is 0.335 e. The molecule has 0 saturated carbocycles. The van der Waals surface area contributed by atoms with Crippen molar-refractivity contribution in [3.63, 3.8) is 0 Å². The van der Waals surface area contributed by atoms with Crippen molar-refractivity contribution in [1.29, 1.82) is 0 Å². The van der Waals surface area contributed by atoms with Crippen LogP contribution in [0.2, 0.25) is 0 Å². The summed E-state index contributed by atoms with van der Waals surface area (Å²) in [6, 6.07) is 21.4. The van der Waals surface area contributed by atoms with E-state index < -0.39 is 9.84 Å². The topological polar surface area (TPSA) is 83.5 Å². The first-order valence-electron chi connectivity index (χ1n) is 12.4. The summed E-state index contributed by atoms with van der Waals surface area (Å²) in [7, 11) is -1.48. The number of hydrogen-bond acceptors (Lipinski definition) is 4. The van der Waals surface area contributed by atoms with Crippen LogP contribution in [-0.2, 0) is 26.5 Å². The number of nitrogens with zero attached hydrogens (tertiary/aromatic N) is 1. The molecule has 0 aliphatic carbocycles. The minimum Gasteiger partial charge on any atom is -0.335 e. The molecule has 0 radical (unpaired) electrons. The Hall–Kier alpha value is -3.45. The van der Waals surface area contributed by atoms with Gasteiger partial charge in [-0.3, -0.25) is 9.59 Å². The van der Waals surface area contributed by atoms with Gasteiger partial charge in [0.05, 0.1) is 23.1 Å². The summed E-state index contributed by atoms with van der Waals surface area (Å²) < 4.78 is 23.9.